The van der Waals surface area contributed by atoms with Crippen LogP contribution in [-0.2, 0) is 19.4 Å². The summed E-state index contributed by atoms with van der Waals surface area (Å²) in [6, 6.07) is 40.3. The highest BCUT2D eigenvalue weighted by Crippen LogP contribution is 2.56. The molecule has 10 nitrogen and oxygen atoms in total. The van der Waals surface area contributed by atoms with Crippen LogP contribution in [0.3, 0.4) is 0 Å². The highest BCUT2D eigenvalue weighted by Gasteiger charge is 2.48. The van der Waals surface area contributed by atoms with Gasteiger partial charge in [-0.05, 0) is 60.2 Å². The van der Waals surface area contributed by atoms with Crippen molar-refractivity contribution in [2.75, 3.05) is 32.5 Å². The third-order valence-corrected chi connectivity index (χ3v) is 10.8. The Balaban J connectivity index is 1.45. The van der Waals surface area contributed by atoms with Gasteiger partial charge >= 0.3 is 12.6 Å². The SMILES string of the molecule is CN(C)P(=O)(Cl)OC1CN(C(c2ccccc2)(c2ccccc2)c2ccccc2)CC(n2ccc(NC(=O)c3ccccc3)nc2=O)O1. The zero-order valence-corrected chi connectivity index (χ0v) is 28.1. The van der Waals surface area contributed by atoms with Crippen LogP contribution in [0.4, 0.5) is 5.82 Å². The van der Waals surface area contributed by atoms with E-state index >= 15 is 0 Å². The number of benzene rings is 4. The summed E-state index contributed by atoms with van der Waals surface area (Å²) < 4.78 is 28.3. The third kappa shape index (κ3) is 6.91. The lowest BCUT2D eigenvalue weighted by molar-refractivity contribution is -0.207. The number of ether oxygens (including phenoxy) is 1. The lowest BCUT2D eigenvalue weighted by Gasteiger charge is -2.50. The number of nitrogens with zero attached hydrogens (tertiary/aromatic N) is 4. The maximum absolute atomic E-state index is 13.6. The highest BCUT2D eigenvalue weighted by molar-refractivity contribution is 7.83. The Hall–Kier alpha value is -4.41. The second-order valence-corrected chi connectivity index (χ2v) is 14.7. The van der Waals surface area contributed by atoms with E-state index in [1.165, 1.54) is 21.5 Å². The van der Waals surface area contributed by atoms with Gasteiger partial charge in [-0.2, -0.15) is 4.98 Å². The van der Waals surface area contributed by atoms with Gasteiger partial charge in [0, 0.05) is 18.3 Å². The van der Waals surface area contributed by atoms with Gasteiger partial charge in [-0.3, -0.25) is 23.4 Å². The van der Waals surface area contributed by atoms with E-state index in [2.05, 4.69) is 51.6 Å². The average molecular weight is 684 g/mol. The number of rotatable bonds is 10. The van der Waals surface area contributed by atoms with Crippen molar-refractivity contribution in [3.05, 3.63) is 166 Å². The van der Waals surface area contributed by atoms with Crippen molar-refractivity contribution in [3.8, 4) is 0 Å². The third-order valence-electron chi connectivity index (χ3n) is 8.25. The Bertz CT molecular complexity index is 1850. The molecule has 1 fully saturated rings. The number of hydrogen-bond acceptors (Lipinski definition) is 7. The largest absolute Gasteiger partial charge is 0.364 e. The van der Waals surface area contributed by atoms with Crippen molar-refractivity contribution in [1.82, 2.24) is 19.1 Å². The molecule has 1 aromatic heterocycles. The minimum absolute atomic E-state index is 0.0932. The van der Waals surface area contributed by atoms with E-state index in [0.29, 0.717) is 5.56 Å². The molecule has 1 saturated heterocycles. The van der Waals surface area contributed by atoms with Gasteiger partial charge in [0.25, 0.3) is 5.91 Å². The Morgan fingerprint density at radius 2 is 1.35 bits per heavy atom. The van der Waals surface area contributed by atoms with Crippen molar-refractivity contribution in [2.24, 2.45) is 0 Å². The molecule has 48 heavy (non-hydrogen) atoms. The van der Waals surface area contributed by atoms with Crippen molar-refractivity contribution in [1.29, 1.82) is 0 Å². The van der Waals surface area contributed by atoms with Crippen molar-refractivity contribution in [3.63, 3.8) is 0 Å². The number of carbonyl (C=O) groups is 1. The van der Waals surface area contributed by atoms with Crippen LogP contribution in [0.1, 0.15) is 33.3 Å². The molecule has 1 N–H and O–H groups in total. The highest BCUT2D eigenvalue weighted by atomic mass is 35.7. The minimum Gasteiger partial charge on any atom is -0.326 e. The number of morpholine rings is 1. The van der Waals surface area contributed by atoms with Gasteiger partial charge in [0.1, 0.15) is 5.82 Å². The van der Waals surface area contributed by atoms with Gasteiger partial charge in [0.2, 0.25) is 0 Å². The normalized spacial score (nSPS) is 18.2. The zero-order chi connectivity index (χ0) is 33.7. The first-order valence-corrected chi connectivity index (χ1v) is 17.9. The molecular weight excluding hydrogens is 649 g/mol. The fraction of sp³-hybridized carbons (Fsp3) is 0.194. The Morgan fingerprint density at radius 3 is 1.83 bits per heavy atom. The number of anilines is 1. The van der Waals surface area contributed by atoms with Crippen LogP contribution >= 0.6 is 18.1 Å². The smallest absolute Gasteiger partial charge is 0.326 e. The summed E-state index contributed by atoms with van der Waals surface area (Å²) in [5.41, 5.74) is 1.77. The molecule has 1 aliphatic rings. The standard InChI is InChI=1S/C36H35ClN5O5P/c1-40(2)48(37,45)47-33-26-41(25-32(46-33)42-24-23-31(39-35(42)44)38-34(43)27-15-7-3-8-16-27)36(28-17-9-4-10-18-28,29-19-11-5-12-20-29)30-21-13-6-14-22-30/h3-24,32-33H,25-26H2,1-2H3,(H,38,39,43,44). The van der Waals surface area contributed by atoms with E-state index in [0.717, 1.165) is 16.7 Å². The van der Waals surface area contributed by atoms with Crippen molar-refractivity contribution >= 4 is 29.8 Å². The lowest BCUT2D eigenvalue weighted by atomic mass is 9.75. The molecule has 4 aromatic carbocycles. The first-order chi connectivity index (χ1) is 23.2. The molecule has 5 aromatic rings. The summed E-state index contributed by atoms with van der Waals surface area (Å²) in [4.78, 5) is 32.7. The molecule has 3 unspecified atom stereocenters. The monoisotopic (exact) mass is 683 g/mol. The van der Waals surface area contributed by atoms with Gasteiger partial charge in [0.15, 0.2) is 12.5 Å². The molecule has 0 radical (unpaired) electrons. The van der Waals surface area contributed by atoms with E-state index in [9.17, 15) is 14.2 Å². The Morgan fingerprint density at radius 1 is 0.854 bits per heavy atom. The molecule has 0 aliphatic carbocycles. The molecular formula is C36H35ClN5O5P. The van der Waals surface area contributed by atoms with E-state index in [1.807, 2.05) is 60.7 Å². The van der Waals surface area contributed by atoms with Crippen LogP contribution in [0.15, 0.2) is 138 Å². The van der Waals surface area contributed by atoms with E-state index in [-0.39, 0.29) is 18.9 Å². The second-order valence-electron chi connectivity index (χ2n) is 11.5. The molecule has 2 heterocycles. The average Bonchev–Trinajstić information content (AvgIpc) is 3.10. The summed E-state index contributed by atoms with van der Waals surface area (Å²) in [5, 5.41) is 2.68. The van der Waals surface area contributed by atoms with E-state index in [4.69, 9.17) is 20.5 Å². The van der Waals surface area contributed by atoms with Crippen LogP contribution in [-0.4, -0.2) is 58.5 Å². The maximum atomic E-state index is 13.6. The first kappa shape index (κ1) is 33.5. The van der Waals surface area contributed by atoms with Crippen LogP contribution in [0.2, 0.25) is 0 Å². The van der Waals surface area contributed by atoms with Crippen LogP contribution in [0.25, 0.3) is 0 Å². The summed E-state index contributed by atoms with van der Waals surface area (Å²) in [6.07, 6.45) is -0.547. The second kappa shape index (κ2) is 14.4. The summed E-state index contributed by atoms with van der Waals surface area (Å²) >= 11 is 6.40. The van der Waals surface area contributed by atoms with Gasteiger partial charge in [-0.1, -0.05) is 109 Å². The van der Waals surface area contributed by atoms with Crippen molar-refractivity contribution in [2.45, 2.75) is 18.1 Å². The van der Waals surface area contributed by atoms with Gasteiger partial charge in [-0.15, -0.1) is 0 Å². The van der Waals surface area contributed by atoms with Crippen LogP contribution in [0, 0.1) is 0 Å². The summed E-state index contributed by atoms with van der Waals surface area (Å²) in [6.45, 7) is -3.46. The summed E-state index contributed by atoms with van der Waals surface area (Å²) in [5.74, 6) is -0.302. The number of hydrogen-bond donors (Lipinski definition) is 1. The first-order valence-electron chi connectivity index (χ1n) is 15.4. The minimum atomic E-state index is -3.81. The molecule has 0 bridgehead atoms. The van der Waals surface area contributed by atoms with Crippen LogP contribution in [0.5, 0.6) is 0 Å². The molecule has 3 atom stereocenters. The lowest BCUT2D eigenvalue weighted by Crippen LogP contribution is -2.57. The fourth-order valence-corrected chi connectivity index (χ4v) is 6.86. The van der Waals surface area contributed by atoms with E-state index in [1.54, 1.807) is 38.4 Å². The molecule has 0 saturated carbocycles. The number of halogens is 1. The molecule has 1 amide bonds. The topological polar surface area (TPSA) is 106 Å². The maximum Gasteiger partial charge on any atom is 0.364 e. The molecule has 1 aliphatic heterocycles. The molecule has 0 spiro atoms. The van der Waals surface area contributed by atoms with Gasteiger partial charge < -0.3 is 10.1 Å². The number of amides is 1. The predicted octanol–water partition coefficient (Wildman–Crippen LogP) is 6.57. The van der Waals surface area contributed by atoms with Gasteiger partial charge in [0.05, 0.1) is 12.1 Å². The molecule has 6 rings (SSSR count). The fourth-order valence-electron chi connectivity index (χ4n) is 5.99. The molecule has 12 heteroatoms. The summed E-state index contributed by atoms with van der Waals surface area (Å²) in [7, 11) is 3.12. The predicted molar refractivity (Wildman–Crippen MR) is 186 cm³/mol. The van der Waals surface area contributed by atoms with Crippen LogP contribution < -0.4 is 11.0 Å². The number of nitrogens with one attached hydrogen (secondary N) is 1. The van der Waals surface area contributed by atoms with E-state index < -0.39 is 36.5 Å². The molecule has 246 valence electrons. The quantitative estimate of drug-likeness (QED) is 0.130. The van der Waals surface area contributed by atoms with Crippen molar-refractivity contribution < 1.29 is 18.6 Å². The zero-order valence-electron chi connectivity index (χ0n) is 26.4. The Labute approximate surface area is 283 Å². The van der Waals surface area contributed by atoms with Gasteiger partial charge in [-0.25, -0.2) is 9.46 Å². The number of aromatic nitrogens is 2. The Kier molecular flexibility index (Phi) is 10.0. The number of carbonyl (C=O) groups excluding carboxylic acids is 1.